The van der Waals surface area contributed by atoms with Crippen molar-refractivity contribution < 1.29 is 4.79 Å². The fourth-order valence-electron chi connectivity index (χ4n) is 2.53. The fourth-order valence-corrected chi connectivity index (χ4v) is 2.53. The monoisotopic (exact) mass is 257 g/mol. The van der Waals surface area contributed by atoms with Crippen LogP contribution in [0.15, 0.2) is 18.2 Å². The normalized spacial score (nSPS) is 22.6. The van der Waals surface area contributed by atoms with Crippen LogP contribution in [0.1, 0.15) is 30.9 Å². The minimum absolute atomic E-state index is 0.0469. The molecule has 1 aliphatic heterocycles. The van der Waals surface area contributed by atoms with Crippen molar-refractivity contribution in [3.63, 3.8) is 0 Å². The van der Waals surface area contributed by atoms with E-state index >= 15 is 0 Å². The van der Waals surface area contributed by atoms with Crippen molar-refractivity contribution >= 4 is 11.6 Å². The Morgan fingerprint density at radius 3 is 3.00 bits per heavy atom. The predicted octanol–water partition coefficient (Wildman–Crippen LogP) is 2.19. The molecule has 19 heavy (non-hydrogen) atoms. The molecule has 1 aromatic carbocycles. The van der Waals surface area contributed by atoms with E-state index in [0.717, 1.165) is 24.9 Å². The third-order valence-electron chi connectivity index (χ3n) is 3.69. The summed E-state index contributed by atoms with van der Waals surface area (Å²) < 4.78 is 0. The van der Waals surface area contributed by atoms with Gasteiger partial charge in [0.1, 0.15) is 6.07 Å². The molecule has 1 fully saturated rings. The van der Waals surface area contributed by atoms with Crippen molar-refractivity contribution in [2.45, 2.75) is 32.7 Å². The van der Waals surface area contributed by atoms with Crippen molar-refractivity contribution in [2.75, 3.05) is 11.9 Å². The molecule has 0 spiro atoms. The lowest BCUT2D eigenvalue weighted by Crippen LogP contribution is -2.48. The summed E-state index contributed by atoms with van der Waals surface area (Å²) in [5.74, 6) is 0.276. The van der Waals surface area contributed by atoms with Crippen molar-refractivity contribution in [2.24, 2.45) is 5.92 Å². The molecular formula is C15H19N3O. The molecule has 1 aliphatic rings. The first-order valence-corrected chi connectivity index (χ1v) is 6.67. The molecule has 1 aromatic rings. The lowest BCUT2D eigenvalue weighted by molar-refractivity contribution is -0.119. The van der Waals surface area contributed by atoms with Crippen molar-refractivity contribution in [3.8, 4) is 6.07 Å². The highest BCUT2D eigenvalue weighted by atomic mass is 16.2. The predicted molar refractivity (Wildman–Crippen MR) is 74.7 cm³/mol. The third-order valence-corrected chi connectivity index (χ3v) is 3.69. The molecular weight excluding hydrogens is 238 g/mol. The zero-order valence-electron chi connectivity index (χ0n) is 11.4. The van der Waals surface area contributed by atoms with Crippen LogP contribution >= 0.6 is 0 Å². The van der Waals surface area contributed by atoms with Crippen LogP contribution in [0.2, 0.25) is 0 Å². The second kappa shape index (κ2) is 5.85. The summed E-state index contributed by atoms with van der Waals surface area (Å²) in [5, 5.41) is 15.3. The largest absolute Gasteiger partial charge is 0.324 e. The number of nitriles is 1. The summed E-state index contributed by atoms with van der Waals surface area (Å²) in [6.07, 6.45) is 2.17. The summed E-state index contributed by atoms with van der Waals surface area (Å²) >= 11 is 0. The molecule has 0 bridgehead atoms. The van der Waals surface area contributed by atoms with Crippen LogP contribution < -0.4 is 10.6 Å². The van der Waals surface area contributed by atoms with Gasteiger partial charge in [0.25, 0.3) is 0 Å². The second-order valence-corrected chi connectivity index (χ2v) is 5.15. The Morgan fingerprint density at radius 2 is 2.32 bits per heavy atom. The lowest BCUT2D eigenvalue weighted by Gasteiger charge is -2.29. The van der Waals surface area contributed by atoms with E-state index in [1.165, 1.54) is 0 Å². The van der Waals surface area contributed by atoms with Crippen molar-refractivity contribution in [1.82, 2.24) is 5.32 Å². The van der Waals surface area contributed by atoms with E-state index in [-0.39, 0.29) is 11.9 Å². The molecule has 1 amide bonds. The quantitative estimate of drug-likeness (QED) is 0.853. The van der Waals surface area contributed by atoms with E-state index < -0.39 is 0 Å². The Kier molecular flexibility index (Phi) is 4.18. The maximum Gasteiger partial charge on any atom is 0.241 e. The highest BCUT2D eigenvalue weighted by molar-refractivity contribution is 5.96. The molecule has 2 unspecified atom stereocenters. The number of hydrogen-bond acceptors (Lipinski definition) is 3. The van der Waals surface area contributed by atoms with Gasteiger partial charge in [-0.1, -0.05) is 19.1 Å². The molecule has 100 valence electrons. The number of nitrogens with zero attached hydrogens (tertiary/aromatic N) is 1. The first-order chi connectivity index (χ1) is 9.13. The first-order valence-electron chi connectivity index (χ1n) is 6.67. The van der Waals surface area contributed by atoms with Crippen molar-refractivity contribution in [1.29, 1.82) is 5.26 Å². The van der Waals surface area contributed by atoms with Gasteiger partial charge in [-0.25, -0.2) is 0 Å². The number of nitrogens with one attached hydrogen (secondary N) is 2. The summed E-state index contributed by atoms with van der Waals surface area (Å²) in [5.41, 5.74) is 2.02. The van der Waals surface area contributed by atoms with E-state index in [1.54, 1.807) is 6.07 Å². The van der Waals surface area contributed by atoms with Gasteiger partial charge < -0.3 is 10.6 Å². The van der Waals surface area contributed by atoms with E-state index in [2.05, 4.69) is 23.6 Å². The number of anilines is 1. The number of piperidine rings is 1. The van der Waals surface area contributed by atoms with Crippen molar-refractivity contribution in [3.05, 3.63) is 29.3 Å². The molecule has 4 nitrogen and oxygen atoms in total. The molecule has 1 heterocycles. The lowest BCUT2D eigenvalue weighted by atomic mass is 9.92. The number of carbonyl (C=O) groups excluding carboxylic acids is 1. The summed E-state index contributed by atoms with van der Waals surface area (Å²) in [6, 6.07) is 7.48. The van der Waals surface area contributed by atoms with Gasteiger partial charge in [-0.3, -0.25) is 4.79 Å². The van der Waals surface area contributed by atoms with E-state index in [4.69, 9.17) is 5.26 Å². The Morgan fingerprint density at radius 1 is 1.53 bits per heavy atom. The number of rotatable bonds is 2. The molecule has 0 aromatic heterocycles. The first kappa shape index (κ1) is 13.6. The zero-order chi connectivity index (χ0) is 13.8. The van der Waals surface area contributed by atoms with Gasteiger partial charge in [0.05, 0.1) is 17.3 Å². The van der Waals surface area contributed by atoms with Crippen LogP contribution in [0.25, 0.3) is 0 Å². The average Bonchev–Trinajstić information content (AvgIpc) is 2.39. The summed E-state index contributed by atoms with van der Waals surface area (Å²) in [7, 11) is 0. The molecule has 2 atom stereocenters. The summed E-state index contributed by atoms with van der Waals surface area (Å²) in [6.45, 7) is 4.83. The van der Waals surface area contributed by atoms with Gasteiger partial charge in [0.15, 0.2) is 0 Å². The highest BCUT2D eigenvalue weighted by Crippen LogP contribution is 2.21. The van der Waals surface area contributed by atoms with E-state index in [0.29, 0.717) is 17.2 Å². The Labute approximate surface area is 113 Å². The van der Waals surface area contributed by atoms with Crippen LogP contribution in [0.4, 0.5) is 5.69 Å². The summed E-state index contributed by atoms with van der Waals surface area (Å²) in [4.78, 5) is 12.3. The molecule has 0 aliphatic carbocycles. The Bertz CT molecular complexity index is 519. The van der Waals surface area contributed by atoms with E-state index in [1.807, 2.05) is 19.1 Å². The molecule has 2 rings (SSSR count). The fraction of sp³-hybridized carbons (Fsp3) is 0.467. The van der Waals surface area contributed by atoms with Gasteiger partial charge in [0.2, 0.25) is 5.91 Å². The van der Waals surface area contributed by atoms with E-state index in [9.17, 15) is 4.79 Å². The Hall–Kier alpha value is -1.86. The van der Waals surface area contributed by atoms with Crippen LogP contribution in [-0.2, 0) is 4.79 Å². The zero-order valence-corrected chi connectivity index (χ0v) is 11.4. The standard InChI is InChI=1S/C15H19N3O/c1-10-5-3-7-13(12(10)9-16)18-15(19)14-11(2)6-4-8-17-14/h3,5,7,11,14,17H,4,6,8H2,1-2H3,(H,18,19). The van der Waals surface area contributed by atoms with Crippen LogP contribution in [0.3, 0.4) is 0 Å². The maximum atomic E-state index is 12.3. The number of aryl methyl sites for hydroxylation is 1. The highest BCUT2D eigenvalue weighted by Gasteiger charge is 2.27. The van der Waals surface area contributed by atoms with Gasteiger partial charge in [0, 0.05) is 0 Å². The molecule has 4 heteroatoms. The van der Waals surface area contributed by atoms with Crippen LogP contribution in [-0.4, -0.2) is 18.5 Å². The minimum atomic E-state index is -0.166. The number of carbonyl (C=O) groups is 1. The number of benzene rings is 1. The Balaban J connectivity index is 2.15. The number of hydrogen-bond donors (Lipinski definition) is 2. The SMILES string of the molecule is Cc1cccc(NC(=O)C2NCCCC2C)c1C#N. The minimum Gasteiger partial charge on any atom is -0.324 e. The van der Waals surface area contributed by atoms with Crippen LogP contribution in [0, 0.1) is 24.2 Å². The molecule has 0 radical (unpaired) electrons. The van der Waals surface area contributed by atoms with Crippen LogP contribution in [0.5, 0.6) is 0 Å². The van der Waals surface area contributed by atoms with Gasteiger partial charge >= 0.3 is 0 Å². The van der Waals surface area contributed by atoms with Gasteiger partial charge in [-0.05, 0) is 43.9 Å². The molecule has 2 N–H and O–H groups in total. The smallest absolute Gasteiger partial charge is 0.241 e. The van der Waals surface area contributed by atoms with Gasteiger partial charge in [-0.15, -0.1) is 0 Å². The second-order valence-electron chi connectivity index (χ2n) is 5.15. The topological polar surface area (TPSA) is 64.9 Å². The number of amides is 1. The average molecular weight is 257 g/mol. The molecule has 0 saturated carbocycles. The van der Waals surface area contributed by atoms with Gasteiger partial charge in [-0.2, -0.15) is 5.26 Å². The molecule has 1 saturated heterocycles. The third kappa shape index (κ3) is 2.94. The maximum absolute atomic E-state index is 12.3.